The zero-order valence-corrected chi connectivity index (χ0v) is 15.4. The summed E-state index contributed by atoms with van der Waals surface area (Å²) in [5.74, 6) is -0.860. The van der Waals surface area contributed by atoms with Gasteiger partial charge in [-0.05, 0) is 48.2 Å². The normalized spacial score (nSPS) is 12.3. The molecule has 0 atom stereocenters. The van der Waals surface area contributed by atoms with Crippen LogP contribution in [-0.4, -0.2) is 18.1 Å². The molecule has 2 rings (SSSR count). The van der Waals surface area contributed by atoms with Crippen molar-refractivity contribution < 1.29 is 35.8 Å². The van der Waals surface area contributed by atoms with E-state index < -0.39 is 12.7 Å². The summed E-state index contributed by atoms with van der Waals surface area (Å²) in [5, 5.41) is 0.716. The lowest BCUT2D eigenvalue weighted by atomic mass is 9.87. The summed E-state index contributed by atoms with van der Waals surface area (Å²) in [5.41, 5.74) is 1.46. The van der Waals surface area contributed by atoms with Gasteiger partial charge in [-0.3, -0.25) is 0 Å². The maximum Gasteiger partial charge on any atom is 0.573 e. The highest BCUT2D eigenvalue weighted by Crippen LogP contribution is 2.33. The predicted molar refractivity (Wildman–Crippen MR) is 91.1 cm³/mol. The molecule has 2 nitrogen and oxygen atoms in total. The molecule has 0 radical (unpaired) electrons. The summed E-state index contributed by atoms with van der Waals surface area (Å²) in [6.45, 7) is 0. The van der Waals surface area contributed by atoms with E-state index in [1.165, 1.54) is 48.5 Å². The molecule has 2 aromatic carbocycles. The Balaban J connectivity index is 2.22. The zero-order valence-electron chi connectivity index (χ0n) is 13.8. The van der Waals surface area contributed by atoms with Crippen LogP contribution in [0.3, 0.4) is 0 Å². The highest BCUT2D eigenvalue weighted by Gasteiger charge is 2.32. The first-order chi connectivity index (χ1) is 12.6. The van der Waals surface area contributed by atoms with Crippen LogP contribution in [0.5, 0.6) is 11.5 Å². The Labute approximate surface area is 160 Å². The van der Waals surface area contributed by atoms with E-state index in [1.54, 1.807) is 0 Å². The predicted octanol–water partition coefficient (Wildman–Crippen LogP) is 6.79. The van der Waals surface area contributed by atoms with Crippen molar-refractivity contribution in [2.75, 3.05) is 5.33 Å². The van der Waals surface area contributed by atoms with Gasteiger partial charge >= 0.3 is 12.7 Å². The monoisotopic (exact) mass is 456 g/mol. The van der Waals surface area contributed by atoms with Crippen molar-refractivity contribution in [1.82, 2.24) is 0 Å². The standard InChI is InChI=1S/C18H15BrF6O2/c19-11-1-2-16(12-3-7-14(8-4-12)26-17(20,21)22)13-5-9-15(10-6-13)27-18(23,24)25/h3-10,16H,1-2,11H2. The van der Waals surface area contributed by atoms with Gasteiger partial charge < -0.3 is 9.47 Å². The molecule has 148 valence electrons. The quantitative estimate of drug-likeness (QED) is 0.337. The molecule has 0 fully saturated rings. The van der Waals surface area contributed by atoms with Crippen LogP contribution in [-0.2, 0) is 0 Å². The average molecular weight is 457 g/mol. The smallest absolute Gasteiger partial charge is 0.406 e. The number of alkyl halides is 7. The molecule has 0 N–H and O–H groups in total. The topological polar surface area (TPSA) is 18.5 Å². The van der Waals surface area contributed by atoms with Gasteiger partial charge in [0, 0.05) is 11.2 Å². The summed E-state index contributed by atoms with van der Waals surface area (Å²) in [4.78, 5) is 0. The van der Waals surface area contributed by atoms with Gasteiger partial charge in [0.2, 0.25) is 0 Å². The van der Waals surface area contributed by atoms with Crippen molar-refractivity contribution in [1.29, 1.82) is 0 Å². The molecule has 0 aliphatic rings. The van der Waals surface area contributed by atoms with Crippen molar-refractivity contribution in [3.8, 4) is 11.5 Å². The summed E-state index contributed by atoms with van der Waals surface area (Å²) >= 11 is 3.32. The fourth-order valence-electron chi connectivity index (χ4n) is 2.61. The van der Waals surface area contributed by atoms with E-state index in [0.29, 0.717) is 11.8 Å². The zero-order chi connectivity index (χ0) is 20.1. The molecule has 0 spiro atoms. The highest BCUT2D eigenvalue weighted by molar-refractivity contribution is 9.09. The van der Waals surface area contributed by atoms with Crippen LogP contribution >= 0.6 is 15.9 Å². The Hall–Kier alpha value is -1.90. The first kappa shape index (κ1) is 21.4. The second-order valence-corrected chi connectivity index (χ2v) is 6.41. The Morgan fingerprint density at radius 2 is 1.07 bits per heavy atom. The second-order valence-electron chi connectivity index (χ2n) is 5.62. The third kappa shape index (κ3) is 7.32. The molecule has 0 saturated carbocycles. The third-order valence-corrected chi connectivity index (χ3v) is 4.22. The number of ether oxygens (including phenoxy) is 2. The summed E-state index contributed by atoms with van der Waals surface area (Å²) in [6.07, 6.45) is -8.12. The highest BCUT2D eigenvalue weighted by atomic mass is 79.9. The van der Waals surface area contributed by atoms with Crippen LogP contribution in [0.25, 0.3) is 0 Å². The molecule has 0 bridgehead atoms. The van der Waals surface area contributed by atoms with E-state index in [1.807, 2.05) is 0 Å². The van der Waals surface area contributed by atoms with Crippen LogP contribution in [0.4, 0.5) is 26.3 Å². The lowest BCUT2D eigenvalue weighted by molar-refractivity contribution is -0.275. The molecule has 0 aliphatic carbocycles. The second kappa shape index (κ2) is 8.86. The van der Waals surface area contributed by atoms with E-state index in [2.05, 4.69) is 25.4 Å². The minimum Gasteiger partial charge on any atom is -0.406 e. The Morgan fingerprint density at radius 1 is 0.704 bits per heavy atom. The molecule has 0 heterocycles. The fraction of sp³-hybridized carbons (Fsp3) is 0.333. The molecule has 0 saturated heterocycles. The first-order valence-electron chi connectivity index (χ1n) is 7.85. The average Bonchev–Trinajstić information content (AvgIpc) is 2.55. The molecule has 0 aliphatic heterocycles. The number of benzene rings is 2. The summed E-state index contributed by atoms with van der Waals surface area (Å²) in [7, 11) is 0. The van der Waals surface area contributed by atoms with Crippen molar-refractivity contribution in [2.24, 2.45) is 0 Å². The third-order valence-electron chi connectivity index (χ3n) is 3.66. The fourth-order valence-corrected chi connectivity index (χ4v) is 2.93. The van der Waals surface area contributed by atoms with Gasteiger partial charge in [0.25, 0.3) is 0 Å². The minimum atomic E-state index is -4.77. The Bertz CT molecular complexity index is 651. The molecule has 0 amide bonds. The maximum absolute atomic E-state index is 12.3. The Kier molecular flexibility index (Phi) is 7.02. The molecule has 0 aromatic heterocycles. The lowest BCUT2D eigenvalue weighted by Crippen LogP contribution is -2.17. The molecular formula is C18H15BrF6O2. The van der Waals surface area contributed by atoms with Gasteiger partial charge in [0.05, 0.1) is 0 Å². The van der Waals surface area contributed by atoms with E-state index in [-0.39, 0.29) is 17.4 Å². The minimum absolute atomic E-state index is 0.192. The van der Waals surface area contributed by atoms with Gasteiger partial charge in [0.15, 0.2) is 0 Å². The summed E-state index contributed by atoms with van der Waals surface area (Å²) < 4.78 is 81.3. The van der Waals surface area contributed by atoms with E-state index in [9.17, 15) is 26.3 Å². The van der Waals surface area contributed by atoms with Gasteiger partial charge in [-0.25, -0.2) is 0 Å². The van der Waals surface area contributed by atoms with Crippen LogP contribution in [0.15, 0.2) is 48.5 Å². The Morgan fingerprint density at radius 3 is 1.37 bits per heavy atom. The van der Waals surface area contributed by atoms with E-state index in [0.717, 1.165) is 17.5 Å². The van der Waals surface area contributed by atoms with Gasteiger partial charge in [-0.1, -0.05) is 40.2 Å². The van der Waals surface area contributed by atoms with Crippen LogP contribution < -0.4 is 9.47 Å². The molecular weight excluding hydrogens is 442 g/mol. The number of hydrogen-bond donors (Lipinski definition) is 0. The van der Waals surface area contributed by atoms with Crippen LogP contribution in [0, 0.1) is 0 Å². The first-order valence-corrected chi connectivity index (χ1v) is 8.97. The van der Waals surface area contributed by atoms with Crippen molar-refractivity contribution in [2.45, 2.75) is 31.5 Å². The largest absolute Gasteiger partial charge is 0.573 e. The maximum atomic E-state index is 12.3. The van der Waals surface area contributed by atoms with Crippen LogP contribution in [0.2, 0.25) is 0 Å². The van der Waals surface area contributed by atoms with E-state index in [4.69, 9.17) is 0 Å². The van der Waals surface area contributed by atoms with Crippen molar-refractivity contribution in [3.05, 3.63) is 59.7 Å². The van der Waals surface area contributed by atoms with Gasteiger partial charge in [-0.2, -0.15) is 0 Å². The van der Waals surface area contributed by atoms with E-state index >= 15 is 0 Å². The van der Waals surface area contributed by atoms with Crippen molar-refractivity contribution >= 4 is 15.9 Å². The number of hydrogen-bond acceptors (Lipinski definition) is 2. The number of halogens is 7. The molecule has 27 heavy (non-hydrogen) atoms. The number of rotatable bonds is 7. The van der Waals surface area contributed by atoms with Crippen molar-refractivity contribution in [3.63, 3.8) is 0 Å². The van der Waals surface area contributed by atoms with Gasteiger partial charge in [0.1, 0.15) is 11.5 Å². The molecule has 2 aromatic rings. The lowest BCUT2D eigenvalue weighted by Gasteiger charge is -2.19. The van der Waals surface area contributed by atoms with Gasteiger partial charge in [-0.15, -0.1) is 26.3 Å². The summed E-state index contributed by atoms with van der Waals surface area (Å²) in [6, 6.07) is 10.9. The van der Waals surface area contributed by atoms with Crippen LogP contribution in [0.1, 0.15) is 29.9 Å². The molecule has 9 heteroatoms. The SMILES string of the molecule is FC(F)(F)Oc1ccc(C(CCCBr)c2ccc(OC(F)(F)F)cc2)cc1. The molecule has 0 unspecified atom stereocenters.